The summed E-state index contributed by atoms with van der Waals surface area (Å²) in [4.78, 5) is 30.9. The quantitative estimate of drug-likeness (QED) is 0.580. The number of hydrogen-bond donors (Lipinski definition) is 2. The third-order valence-corrected chi connectivity index (χ3v) is 5.57. The zero-order valence-electron chi connectivity index (χ0n) is 15.8. The number of carbonyl (C=O) groups is 2. The summed E-state index contributed by atoms with van der Waals surface area (Å²) in [6.45, 7) is 2.37. The van der Waals surface area contributed by atoms with Crippen molar-refractivity contribution in [2.75, 3.05) is 23.3 Å². The number of nitrogens with zero attached hydrogens (tertiary/aromatic N) is 2. The molecule has 154 valence electrons. The number of aromatic nitrogens is 1. The van der Waals surface area contributed by atoms with Crippen molar-refractivity contribution in [1.82, 2.24) is 10.3 Å². The molecule has 10 heteroatoms. The van der Waals surface area contributed by atoms with E-state index in [-0.39, 0.29) is 12.1 Å². The molecular formula is C20H17FN4O3S2. The van der Waals surface area contributed by atoms with Crippen molar-refractivity contribution in [2.24, 2.45) is 0 Å². The Balaban J connectivity index is 1.46. The smallest absolute Gasteiger partial charge is 0.414 e. The van der Waals surface area contributed by atoms with Crippen molar-refractivity contribution >= 4 is 61.6 Å². The van der Waals surface area contributed by atoms with E-state index < -0.39 is 23.9 Å². The van der Waals surface area contributed by atoms with Gasteiger partial charge in [-0.05, 0) is 37.3 Å². The van der Waals surface area contributed by atoms with Gasteiger partial charge in [-0.1, -0.05) is 35.7 Å². The molecule has 1 aromatic heterocycles. The fourth-order valence-corrected chi connectivity index (χ4v) is 3.99. The van der Waals surface area contributed by atoms with Gasteiger partial charge in [0.15, 0.2) is 5.13 Å². The number of anilines is 2. The van der Waals surface area contributed by atoms with Gasteiger partial charge >= 0.3 is 6.09 Å². The van der Waals surface area contributed by atoms with E-state index in [0.29, 0.717) is 22.4 Å². The van der Waals surface area contributed by atoms with Crippen molar-refractivity contribution in [3.05, 3.63) is 53.8 Å². The number of cyclic esters (lactones) is 1. The standard InChI is InChI=1S/C20H17FN4O3S2/c1-11(29)22-9-13-10-25(20(27)28-13)12-6-7-14(15(21)8-12)18(26)24-19-23-16-4-2-3-5-17(16)30-19/h2-8,13H,9-10H2,1H3,(H,22,29)(H,23,24,26)/t13-/m0/s1. The van der Waals surface area contributed by atoms with Crippen molar-refractivity contribution < 1.29 is 18.7 Å². The van der Waals surface area contributed by atoms with E-state index in [9.17, 15) is 14.0 Å². The average Bonchev–Trinajstić information content (AvgIpc) is 3.28. The van der Waals surface area contributed by atoms with Crippen LogP contribution in [0.2, 0.25) is 0 Å². The molecule has 0 spiro atoms. The van der Waals surface area contributed by atoms with Crippen LogP contribution in [0.25, 0.3) is 10.2 Å². The molecule has 0 saturated carbocycles. The summed E-state index contributed by atoms with van der Waals surface area (Å²) in [5.41, 5.74) is 0.935. The van der Waals surface area contributed by atoms with Gasteiger partial charge in [0.25, 0.3) is 5.91 Å². The number of thiazole rings is 1. The number of para-hydroxylation sites is 1. The Morgan fingerprint density at radius 2 is 2.17 bits per heavy atom. The monoisotopic (exact) mass is 444 g/mol. The Morgan fingerprint density at radius 3 is 2.90 bits per heavy atom. The van der Waals surface area contributed by atoms with Crippen molar-refractivity contribution in [1.29, 1.82) is 0 Å². The lowest BCUT2D eigenvalue weighted by atomic mass is 10.1. The third-order valence-electron chi connectivity index (χ3n) is 4.48. The number of benzene rings is 2. The predicted octanol–water partition coefficient (Wildman–Crippen LogP) is 3.95. The summed E-state index contributed by atoms with van der Waals surface area (Å²) >= 11 is 6.25. The number of hydrogen-bond acceptors (Lipinski definition) is 6. The minimum atomic E-state index is -0.741. The number of halogens is 1. The van der Waals surface area contributed by atoms with Gasteiger partial charge in [0.05, 0.1) is 39.5 Å². The fourth-order valence-electron chi connectivity index (χ4n) is 3.04. The Labute approximate surface area is 180 Å². The average molecular weight is 445 g/mol. The molecule has 4 rings (SSSR count). The zero-order valence-corrected chi connectivity index (χ0v) is 17.5. The van der Waals surface area contributed by atoms with E-state index in [4.69, 9.17) is 17.0 Å². The lowest BCUT2D eigenvalue weighted by Crippen LogP contribution is -2.32. The van der Waals surface area contributed by atoms with Gasteiger partial charge in [0, 0.05) is 0 Å². The highest BCUT2D eigenvalue weighted by atomic mass is 32.1. The van der Waals surface area contributed by atoms with Crippen LogP contribution in [-0.2, 0) is 4.74 Å². The van der Waals surface area contributed by atoms with Gasteiger partial charge in [-0.25, -0.2) is 14.2 Å². The molecule has 30 heavy (non-hydrogen) atoms. The topological polar surface area (TPSA) is 83.6 Å². The van der Waals surface area contributed by atoms with Gasteiger partial charge in [0.2, 0.25) is 0 Å². The van der Waals surface area contributed by atoms with E-state index in [0.717, 1.165) is 16.3 Å². The van der Waals surface area contributed by atoms with Gasteiger partial charge in [-0.15, -0.1) is 0 Å². The molecule has 2 aromatic carbocycles. The van der Waals surface area contributed by atoms with E-state index in [1.807, 2.05) is 24.3 Å². The molecular weight excluding hydrogens is 427 g/mol. The fraction of sp³-hybridized carbons (Fsp3) is 0.200. The molecule has 1 saturated heterocycles. The largest absolute Gasteiger partial charge is 0.442 e. The van der Waals surface area contributed by atoms with Crippen LogP contribution in [0.15, 0.2) is 42.5 Å². The first-order valence-corrected chi connectivity index (χ1v) is 10.3. The summed E-state index contributed by atoms with van der Waals surface area (Å²) in [6.07, 6.45) is -0.977. The van der Waals surface area contributed by atoms with Crippen LogP contribution in [0.5, 0.6) is 0 Å². The van der Waals surface area contributed by atoms with Crippen LogP contribution >= 0.6 is 23.6 Å². The van der Waals surface area contributed by atoms with Crippen molar-refractivity contribution in [3.8, 4) is 0 Å². The molecule has 2 amide bonds. The van der Waals surface area contributed by atoms with Crippen molar-refractivity contribution in [3.63, 3.8) is 0 Å². The third kappa shape index (κ3) is 4.24. The number of fused-ring (bicyclic) bond motifs is 1. The maximum atomic E-state index is 14.7. The number of nitrogens with one attached hydrogen (secondary N) is 2. The minimum absolute atomic E-state index is 0.139. The number of carbonyl (C=O) groups excluding carboxylic acids is 2. The number of ether oxygens (including phenoxy) is 1. The van der Waals surface area contributed by atoms with Crippen molar-refractivity contribution in [2.45, 2.75) is 13.0 Å². The second kappa shape index (κ2) is 8.33. The predicted molar refractivity (Wildman–Crippen MR) is 118 cm³/mol. The SMILES string of the molecule is CC(=S)NC[C@H]1CN(c2ccc(C(=O)Nc3nc4ccccc4s3)c(F)c2)C(=O)O1. The van der Waals surface area contributed by atoms with Crippen LogP contribution in [0.4, 0.5) is 20.0 Å². The molecule has 2 heterocycles. The molecule has 2 N–H and O–H groups in total. The normalized spacial score (nSPS) is 15.9. The first kappa shape index (κ1) is 20.2. The molecule has 7 nitrogen and oxygen atoms in total. The van der Waals surface area contributed by atoms with Crippen LogP contribution in [0.3, 0.4) is 0 Å². The molecule has 1 fully saturated rings. The van der Waals surface area contributed by atoms with Gasteiger partial charge < -0.3 is 10.1 Å². The second-order valence-corrected chi connectivity index (χ2v) is 8.30. The summed E-state index contributed by atoms with van der Waals surface area (Å²) in [5, 5.41) is 5.95. The highest BCUT2D eigenvalue weighted by Gasteiger charge is 2.32. The second-order valence-electron chi connectivity index (χ2n) is 6.66. The van der Waals surface area contributed by atoms with Crippen LogP contribution in [-0.4, -0.2) is 41.2 Å². The number of thiocarbonyl (C=S) groups is 1. The first-order chi connectivity index (χ1) is 14.4. The summed E-state index contributed by atoms with van der Waals surface area (Å²) in [5.74, 6) is -1.35. The number of amides is 2. The molecule has 3 aromatic rings. The summed E-state index contributed by atoms with van der Waals surface area (Å²) < 4.78 is 20.8. The van der Waals surface area contributed by atoms with Crippen LogP contribution in [0, 0.1) is 5.82 Å². The molecule has 1 aliphatic heterocycles. The van der Waals surface area contributed by atoms with E-state index in [1.165, 1.54) is 28.4 Å². The van der Waals surface area contributed by atoms with E-state index in [2.05, 4.69) is 15.6 Å². The zero-order chi connectivity index (χ0) is 21.3. The molecule has 0 bridgehead atoms. The first-order valence-electron chi connectivity index (χ1n) is 9.10. The highest BCUT2D eigenvalue weighted by molar-refractivity contribution is 7.80. The van der Waals surface area contributed by atoms with E-state index >= 15 is 0 Å². The molecule has 0 radical (unpaired) electrons. The molecule has 0 aliphatic carbocycles. The lowest BCUT2D eigenvalue weighted by molar-refractivity contribution is 0.102. The Kier molecular flexibility index (Phi) is 5.60. The van der Waals surface area contributed by atoms with E-state index in [1.54, 1.807) is 6.92 Å². The van der Waals surface area contributed by atoms with Gasteiger partial charge in [-0.2, -0.15) is 0 Å². The Bertz CT molecular complexity index is 1120. The molecule has 1 aliphatic rings. The summed E-state index contributed by atoms with van der Waals surface area (Å²) in [6, 6.07) is 11.5. The molecule has 1 atom stereocenters. The lowest BCUT2D eigenvalue weighted by Gasteiger charge is -2.14. The van der Waals surface area contributed by atoms with Crippen LogP contribution in [0.1, 0.15) is 17.3 Å². The summed E-state index contributed by atoms with van der Waals surface area (Å²) in [7, 11) is 0. The molecule has 0 unspecified atom stereocenters. The van der Waals surface area contributed by atoms with Gasteiger partial charge in [-0.3, -0.25) is 15.0 Å². The Hall–Kier alpha value is -3.11. The minimum Gasteiger partial charge on any atom is -0.442 e. The van der Waals surface area contributed by atoms with Gasteiger partial charge in [0.1, 0.15) is 11.9 Å². The maximum Gasteiger partial charge on any atom is 0.414 e. The Morgan fingerprint density at radius 1 is 1.37 bits per heavy atom. The maximum absolute atomic E-state index is 14.7. The highest BCUT2D eigenvalue weighted by Crippen LogP contribution is 2.27. The number of rotatable bonds is 5. The van der Waals surface area contributed by atoms with Crippen LogP contribution < -0.4 is 15.5 Å².